The van der Waals surface area contributed by atoms with Crippen LogP contribution in [-0.4, -0.2) is 11.5 Å². The molecular weight excluding hydrogens is 240 g/mol. The maximum atomic E-state index is 5.94. The fourth-order valence-electron chi connectivity index (χ4n) is 2.20. The van der Waals surface area contributed by atoms with Gasteiger partial charge in [-0.15, -0.1) is 11.3 Å². The number of hydrogen-bond donors (Lipinski definition) is 1. The molecule has 1 unspecified atom stereocenters. The van der Waals surface area contributed by atoms with Crippen LogP contribution >= 0.6 is 11.3 Å². The molecule has 0 saturated heterocycles. The van der Waals surface area contributed by atoms with E-state index in [1.807, 2.05) is 0 Å². The molecule has 2 N–H and O–H groups in total. The molecular formula is C15H20N2S. The van der Waals surface area contributed by atoms with Crippen LogP contribution in [0.15, 0.2) is 24.3 Å². The largest absolute Gasteiger partial charge is 0.330 e. The van der Waals surface area contributed by atoms with Gasteiger partial charge in [-0.3, -0.25) is 0 Å². The summed E-state index contributed by atoms with van der Waals surface area (Å²) in [6, 6.07) is 8.49. The minimum Gasteiger partial charge on any atom is -0.330 e. The quantitative estimate of drug-likeness (QED) is 0.915. The second-order valence-corrected chi connectivity index (χ2v) is 6.03. The van der Waals surface area contributed by atoms with Gasteiger partial charge < -0.3 is 5.73 Å². The maximum Gasteiger partial charge on any atom is 0.0937 e. The van der Waals surface area contributed by atoms with Crippen LogP contribution in [0.4, 0.5) is 0 Å². The van der Waals surface area contributed by atoms with Crippen molar-refractivity contribution in [3.8, 4) is 0 Å². The van der Waals surface area contributed by atoms with Crippen LogP contribution in [-0.2, 0) is 6.42 Å². The molecule has 0 bridgehead atoms. The van der Waals surface area contributed by atoms with E-state index >= 15 is 0 Å². The fraction of sp³-hybridized carbons (Fsp3) is 0.400. The van der Waals surface area contributed by atoms with Gasteiger partial charge in [-0.2, -0.15) is 0 Å². The van der Waals surface area contributed by atoms with Crippen LogP contribution in [0.25, 0.3) is 0 Å². The highest BCUT2D eigenvalue weighted by Gasteiger charge is 2.15. The molecule has 0 amide bonds. The van der Waals surface area contributed by atoms with Crippen molar-refractivity contribution in [2.45, 2.75) is 33.1 Å². The lowest BCUT2D eigenvalue weighted by atomic mass is 9.92. The SMILES string of the molecule is Cc1ccccc1C(CN)Cc1nc(C)c(C)s1. The molecule has 0 radical (unpaired) electrons. The molecule has 2 nitrogen and oxygen atoms in total. The van der Waals surface area contributed by atoms with Gasteiger partial charge in [0, 0.05) is 17.2 Å². The first kappa shape index (κ1) is 13.2. The smallest absolute Gasteiger partial charge is 0.0937 e. The van der Waals surface area contributed by atoms with E-state index in [0.717, 1.165) is 12.1 Å². The van der Waals surface area contributed by atoms with E-state index in [0.29, 0.717) is 12.5 Å². The van der Waals surface area contributed by atoms with E-state index in [4.69, 9.17) is 5.73 Å². The zero-order valence-corrected chi connectivity index (χ0v) is 12.1. The second-order valence-electron chi connectivity index (χ2n) is 4.74. The van der Waals surface area contributed by atoms with E-state index < -0.39 is 0 Å². The number of aryl methyl sites for hydroxylation is 3. The third-order valence-electron chi connectivity index (χ3n) is 3.41. The van der Waals surface area contributed by atoms with Crippen LogP contribution in [0.3, 0.4) is 0 Å². The summed E-state index contributed by atoms with van der Waals surface area (Å²) in [4.78, 5) is 5.93. The molecule has 96 valence electrons. The number of nitrogens with zero attached hydrogens (tertiary/aromatic N) is 1. The number of nitrogens with two attached hydrogens (primary N) is 1. The van der Waals surface area contributed by atoms with Crippen molar-refractivity contribution >= 4 is 11.3 Å². The highest BCUT2D eigenvalue weighted by molar-refractivity contribution is 7.11. The minimum absolute atomic E-state index is 0.371. The van der Waals surface area contributed by atoms with Crippen LogP contribution in [0.1, 0.15) is 32.6 Å². The average Bonchev–Trinajstić information content (AvgIpc) is 2.66. The number of benzene rings is 1. The Bertz CT molecular complexity index is 512. The predicted molar refractivity (Wildman–Crippen MR) is 78.3 cm³/mol. The van der Waals surface area contributed by atoms with Gasteiger partial charge in [0.1, 0.15) is 0 Å². The molecule has 1 atom stereocenters. The van der Waals surface area contributed by atoms with Gasteiger partial charge in [0.25, 0.3) is 0 Å². The number of aromatic nitrogens is 1. The lowest BCUT2D eigenvalue weighted by Gasteiger charge is -2.16. The van der Waals surface area contributed by atoms with Crippen molar-refractivity contribution in [3.63, 3.8) is 0 Å². The topological polar surface area (TPSA) is 38.9 Å². The molecule has 0 aliphatic carbocycles. The van der Waals surface area contributed by atoms with Crippen molar-refractivity contribution in [3.05, 3.63) is 51.0 Å². The molecule has 18 heavy (non-hydrogen) atoms. The number of thiazole rings is 1. The van der Waals surface area contributed by atoms with E-state index in [2.05, 4.69) is 50.0 Å². The Labute approximate surface area is 113 Å². The maximum absolute atomic E-state index is 5.94. The summed E-state index contributed by atoms with van der Waals surface area (Å²) in [5, 5.41) is 1.20. The first-order chi connectivity index (χ1) is 8.61. The highest BCUT2D eigenvalue weighted by Crippen LogP contribution is 2.26. The summed E-state index contributed by atoms with van der Waals surface area (Å²) in [5.74, 6) is 0.371. The summed E-state index contributed by atoms with van der Waals surface area (Å²) in [7, 11) is 0. The summed E-state index contributed by atoms with van der Waals surface area (Å²) in [6.07, 6.45) is 0.945. The summed E-state index contributed by atoms with van der Waals surface area (Å²) in [6.45, 7) is 7.02. The molecule has 0 aliphatic heterocycles. The predicted octanol–water partition coefficient (Wildman–Crippen LogP) is 3.35. The van der Waals surface area contributed by atoms with Gasteiger partial charge in [0.15, 0.2) is 0 Å². The van der Waals surface area contributed by atoms with Gasteiger partial charge in [-0.05, 0) is 38.4 Å². The van der Waals surface area contributed by atoms with Crippen LogP contribution in [0.5, 0.6) is 0 Å². The molecule has 0 aliphatic rings. The number of hydrogen-bond acceptors (Lipinski definition) is 3. The van der Waals surface area contributed by atoms with E-state index in [9.17, 15) is 0 Å². The van der Waals surface area contributed by atoms with E-state index in [1.165, 1.54) is 21.0 Å². The normalized spacial score (nSPS) is 12.7. The molecule has 3 heteroatoms. The van der Waals surface area contributed by atoms with Gasteiger partial charge in [-0.25, -0.2) is 4.98 Å². The third-order valence-corrected chi connectivity index (χ3v) is 4.50. The van der Waals surface area contributed by atoms with Crippen molar-refractivity contribution < 1.29 is 0 Å². The Kier molecular flexibility index (Phi) is 4.15. The molecule has 1 heterocycles. The Morgan fingerprint density at radius 3 is 2.50 bits per heavy atom. The standard InChI is InChI=1S/C15H20N2S/c1-10-6-4-5-7-14(10)13(9-16)8-15-17-11(2)12(3)18-15/h4-7,13H,8-9,16H2,1-3H3. The summed E-state index contributed by atoms with van der Waals surface area (Å²) >= 11 is 1.79. The minimum atomic E-state index is 0.371. The Balaban J connectivity index is 2.22. The first-order valence-corrected chi connectivity index (χ1v) is 7.12. The molecule has 2 rings (SSSR count). The van der Waals surface area contributed by atoms with Crippen molar-refractivity contribution in [1.82, 2.24) is 4.98 Å². The van der Waals surface area contributed by atoms with Crippen molar-refractivity contribution in [2.75, 3.05) is 6.54 Å². The van der Waals surface area contributed by atoms with Crippen LogP contribution in [0, 0.1) is 20.8 Å². The average molecular weight is 260 g/mol. The van der Waals surface area contributed by atoms with Crippen LogP contribution < -0.4 is 5.73 Å². The Hall–Kier alpha value is -1.19. The lowest BCUT2D eigenvalue weighted by Crippen LogP contribution is -2.16. The summed E-state index contributed by atoms with van der Waals surface area (Å²) < 4.78 is 0. The molecule has 2 aromatic rings. The third kappa shape index (κ3) is 2.79. The monoisotopic (exact) mass is 260 g/mol. The molecule has 1 aromatic carbocycles. The fourth-order valence-corrected chi connectivity index (χ4v) is 3.22. The molecule has 1 aromatic heterocycles. The molecule has 0 saturated carbocycles. The van der Waals surface area contributed by atoms with Crippen LogP contribution in [0.2, 0.25) is 0 Å². The Morgan fingerprint density at radius 1 is 1.22 bits per heavy atom. The Morgan fingerprint density at radius 2 is 1.94 bits per heavy atom. The zero-order valence-electron chi connectivity index (χ0n) is 11.2. The molecule has 0 spiro atoms. The molecule has 0 fully saturated rings. The highest BCUT2D eigenvalue weighted by atomic mass is 32.1. The van der Waals surface area contributed by atoms with Crippen molar-refractivity contribution in [2.24, 2.45) is 5.73 Å². The zero-order chi connectivity index (χ0) is 13.1. The van der Waals surface area contributed by atoms with E-state index in [1.54, 1.807) is 11.3 Å². The van der Waals surface area contributed by atoms with Gasteiger partial charge in [-0.1, -0.05) is 24.3 Å². The number of rotatable bonds is 4. The first-order valence-electron chi connectivity index (χ1n) is 6.30. The second kappa shape index (κ2) is 5.63. The summed E-state index contributed by atoms with van der Waals surface area (Å²) in [5.41, 5.74) is 9.76. The van der Waals surface area contributed by atoms with E-state index in [-0.39, 0.29) is 0 Å². The van der Waals surface area contributed by atoms with Gasteiger partial charge in [0.2, 0.25) is 0 Å². The van der Waals surface area contributed by atoms with Crippen molar-refractivity contribution in [1.29, 1.82) is 0 Å². The lowest BCUT2D eigenvalue weighted by molar-refractivity contribution is 0.686. The van der Waals surface area contributed by atoms with Gasteiger partial charge >= 0.3 is 0 Å². The van der Waals surface area contributed by atoms with Gasteiger partial charge in [0.05, 0.1) is 10.7 Å².